The highest BCUT2D eigenvalue weighted by atomic mass is 32.1. The average molecular weight is 481 g/mol. The molecular weight excluding hydrogens is 451 g/mol. The van der Waals surface area contributed by atoms with Gasteiger partial charge in [0.25, 0.3) is 0 Å². The van der Waals surface area contributed by atoms with Crippen LogP contribution in [-0.2, 0) is 22.6 Å². The summed E-state index contributed by atoms with van der Waals surface area (Å²) in [5.41, 5.74) is 1.46. The van der Waals surface area contributed by atoms with Crippen molar-refractivity contribution in [3.8, 4) is 5.75 Å². The van der Waals surface area contributed by atoms with Crippen molar-refractivity contribution in [3.63, 3.8) is 0 Å². The molecule has 0 bridgehead atoms. The first-order valence-electron chi connectivity index (χ1n) is 11.5. The number of halogens is 1. The van der Waals surface area contributed by atoms with E-state index in [9.17, 15) is 14.0 Å². The number of methoxy groups -OCH3 is 1. The topological polar surface area (TPSA) is 58.6 Å². The minimum atomic E-state index is -0.816. The van der Waals surface area contributed by atoms with Crippen LogP contribution < -0.4 is 10.1 Å². The van der Waals surface area contributed by atoms with Gasteiger partial charge in [0.1, 0.15) is 17.6 Å². The number of thiophene rings is 1. The van der Waals surface area contributed by atoms with Gasteiger partial charge in [-0.15, -0.1) is 11.3 Å². The molecule has 3 aromatic rings. The molecular formula is C27H29FN2O3S. The van der Waals surface area contributed by atoms with Gasteiger partial charge in [-0.25, -0.2) is 4.39 Å². The quantitative estimate of drug-likeness (QED) is 0.454. The van der Waals surface area contributed by atoms with E-state index >= 15 is 0 Å². The molecule has 0 aliphatic heterocycles. The Hall–Kier alpha value is -3.19. The average Bonchev–Trinajstić information content (AvgIpc) is 3.55. The predicted molar refractivity (Wildman–Crippen MR) is 131 cm³/mol. The summed E-state index contributed by atoms with van der Waals surface area (Å²) in [6.07, 6.45) is 4.27. The van der Waals surface area contributed by atoms with Crippen molar-refractivity contribution in [2.75, 3.05) is 7.11 Å². The van der Waals surface area contributed by atoms with Crippen LogP contribution in [0.1, 0.15) is 47.7 Å². The van der Waals surface area contributed by atoms with Gasteiger partial charge >= 0.3 is 0 Å². The first-order valence-corrected chi connectivity index (χ1v) is 12.4. The molecule has 0 spiro atoms. The molecule has 1 heterocycles. The first-order chi connectivity index (χ1) is 16.5. The maximum Gasteiger partial charge on any atom is 0.247 e. The van der Waals surface area contributed by atoms with Crippen molar-refractivity contribution < 1.29 is 18.7 Å². The normalized spacial score (nSPS) is 14.5. The zero-order valence-corrected chi connectivity index (χ0v) is 20.0. The second-order valence-electron chi connectivity index (χ2n) is 8.57. The van der Waals surface area contributed by atoms with Crippen LogP contribution in [-0.4, -0.2) is 29.9 Å². The number of amides is 2. The van der Waals surface area contributed by atoms with Crippen molar-refractivity contribution >= 4 is 23.2 Å². The van der Waals surface area contributed by atoms with Gasteiger partial charge < -0.3 is 15.0 Å². The molecule has 0 saturated heterocycles. The Labute approximate surface area is 203 Å². The number of carbonyl (C=O) groups is 2. The number of benzene rings is 2. The Morgan fingerprint density at radius 1 is 1.09 bits per heavy atom. The second kappa shape index (κ2) is 11.3. The molecule has 1 aliphatic carbocycles. The number of hydrogen-bond acceptors (Lipinski definition) is 4. The molecule has 34 heavy (non-hydrogen) atoms. The van der Waals surface area contributed by atoms with Gasteiger partial charge in [0.05, 0.1) is 13.5 Å². The van der Waals surface area contributed by atoms with Gasteiger partial charge in [0.15, 0.2) is 0 Å². The minimum Gasteiger partial charge on any atom is -0.497 e. The lowest BCUT2D eigenvalue weighted by atomic mass is 10.0. The van der Waals surface area contributed by atoms with E-state index in [4.69, 9.17) is 4.74 Å². The summed E-state index contributed by atoms with van der Waals surface area (Å²) in [4.78, 5) is 29.8. The standard InChI is InChI=1S/C27H29FN2O3S/c1-33-23-14-10-20(11-15-23)26(27(32)29-22-5-2-3-6-22)30(18-19-8-12-21(28)13-9-19)25(31)17-24-7-4-16-34-24/h4,7-16,22,26H,2-3,5-6,17-18H2,1H3,(H,29,32)/t26-/m0/s1. The molecule has 0 radical (unpaired) electrons. The largest absolute Gasteiger partial charge is 0.497 e. The molecule has 2 aromatic carbocycles. The SMILES string of the molecule is COc1ccc([C@@H](C(=O)NC2CCCC2)N(Cc2ccc(F)cc2)C(=O)Cc2cccs2)cc1. The minimum absolute atomic E-state index is 0.119. The van der Waals surface area contributed by atoms with E-state index < -0.39 is 6.04 Å². The number of ether oxygens (including phenoxy) is 1. The lowest BCUT2D eigenvalue weighted by Crippen LogP contribution is -2.46. The monoisotopic (exact) mass is 480 g/mol. The summed E-state index contributed by atoms with van der Waals surface area (Å²) in [5.74, 6) is -0.0209. The fraction of sp³-hybridized carbons (Fsp3) is 0.333. The zero-order chi connectivity index (χ0) is 23.9. The Morgan fingerprint density at radius 2 is 1.79 bits per heavy atom. The Kier molecular flexibility index (Phi) is 7.95. The summed E-state index contributed by atoms with van der Waals surface area (Å²) >= 11 is 1.51. The third-order valence-electron chi connectivity index (χ3n) is 6.19. The van der Waals surface area contributed by atoms with Crippen molar-refractivity contribution in [1.29, 1.82) is 0 Å². The molecule has 1 aromatic heterocycles. The molecule has 2 amide bonds. The highest BCUT2D eigenvalue weighted by Gasteiger charge is 2.33. The third-order valence-corrected chi connectivity index (χ3v) is 7.06. The van der Waals surface area contributed by atoms with Crippen LogP contribution in [0.5, 0.6) is 5.75 Å². The van der Waals surface area contributed by atoms with Crippen LogP contribution >= 0.6 is 11.3 Å². The van der Waals surface area contributed by atoms with Crippen LogP contribution in [0.15, 0.2) is 66.0 Å². The smallest absolute Gasteiger partial charge is 0.247 e. The van der Waals surface area contributed by atoms with Gasteiger partial charge in [-0.1, -0.05) is 43.2 Å². The molecule has 178 valence electrons. The first kappa shape index (κ1) is 24.0. The maximum absolute atomic E-state index is 13.7. The van der Waals surface area contributed by atoms with Crippen LogP contribution in [0, 0.1) is 5.82 Å². The molecule has 5 nitrogen and oxygen atoms in total. The molecule has 1 aliphatic rings. The lowest BCUT2D eigenvalue weighted by molar-refractivity contribution is -0.141. The fourth-order valence-corrected chi connectivity index (χ4v) is 5.08. The van der Waals surface area contributed by atoms with Gasteiger partial charge in [-0.05, 0) is 59.7 Å². The highest BCUT2D eigenvalue weighted by Crippen LogP contribution is 2.28. The zero-order valence-electron chi connectivity index (χ0n) is 19.2. The van der Waals surface area contributed by atoms with Crippen LogP contribution in [0.2, 0.25) is 0 Å². The van der Waals surface area contributed by atoms with E-state index in [0.717, 1.165) is 36.1 Å². The Bertz CT molecular complexity index is 1080. The number of hydrogen-bond donors (Lipinski definition) is 1. The van der Waals surface area contributed by atoms with Gasteiger partial charge in [0, 0.05) is 17.5 Å². The maximum atomic E-state index is 13.7. The third kappa shape index (κ3) is 6.03. The van der Waals surface area contributed by atoms with Crippen molar-refractivity contribution in [2.45, 2.75) is 50.7 Å². The van der Waals surface area contributed by atoms with E-state index in [1.54, 1.807) is 36.3 Å². The van der Waals surface area contributed by atoms with Crippen molar-refractivity contribution in [1.82, 2.24) is 10.2 Å². The summed E-state index contributed by atoms with van der Waals surface area (Å²) in [5, 5.41) is 5.10. The van der Waals surface area contributed by atoms with Gasteiger partial charge in [0.2, 0.25) is 11.8 Å². The fourth-order valence-electron chi connectivity index (χ4n) is 4.38. The molecule has 1 N–H and O–H groups in total. The number of carbonyl (C=O) groups excluding carboxylic acids is 2. The number of rotatable bonds is 9. The molecule has 1 atom stereocenters. The predicted octanol–water partition coefficient (Wildman–Crippen LogP) is 5.27. The van der Waals surface area contributed by atoms with Crippen molar-refractivity contribution in [3.05, 3.63) is 87.9 Å². The van der Waals surface area contributed by atoms with E-state index in [0.29, 0.717) is 11.3 Å². The van der Waals surface area contributed by atoms with Crippen LogP contribution in [0.4, 0.5) is 4.39 Å². The van der Waals surface area contributed by atoms with E-state index in [1.165, 1.54) is 23.5 Å². The van der Waals surface area contributed by atoms with Crippen LogP contribution in [0.25, 0.3) is 0 Å². The Balaban J connectivity index is 1.69. The number of nitrogens with zero attached hydrogens (tertiary/aromatic N) is 1. The Morgan fingerprint density at radius 3 is 2.41 bits per heavy atom. The van der Waals surface area contributed by atoms with E-state index in [-0.39, 0.29) is 36.6 Å². The van der Waals surface area contributed by atoms with Gasteiger partial charge in [-0.2, -0.15) is 0 Å². The summed E-state index contributed by atoms with van der Waals surface area (Å²) < 4.78 is 18.8. The van der Waals surface area contributed by atoms with Crippen LogP contribution in [0.3, 0.4) is 0 Å². The van der Waals surface area contributed by atoms with E-state index in [2.05, 4.69) is 5.32 Å². The molecule has 0 unspecified atom stereocenters. The second-order valence-corrected chi connectivity index (χ2v) is 9.60. The lowest BCUT2D eigenvalue weighted by Gasteiger charge is -2.32. The number of nitrogens with one attached hydrogen (secondary N) is 1. The molecule has 1 saturated carbocycles. The van der Waals surface area contributed by atoms with E-state index in [1.807, 2.05) is 29.6 Å². The van der Waals surface area contributed by atoms with Crippen molar-refractivity contribution in [2.24, 2.45) is 0 Å². The summed E-state index contributed by atoms with van der Waals surface area (Å²) in [7, 11) is 1.59. The van der Waals surface area contributed by atoms with Gasteiger partial charge in [-0.3, -0.25) is 9.59 Å². The highest BCUT2D eigenvalue weighted by molar-refractivity contribution is 7.10. The summed E-state index contributed by atoms with van der Waals surface area (Å²) in [6.45, 7) is 0.194. The molecule has 7 heteroatoms. The molecule has 1 fully saturated rings. The summed E-state index contributed by atoms with van der Waals surface area (Å²) in [6, 6.07) is 16.4. The molecule has 4 rings (SSSR count).